The van der Waals surface area contributed by atoms with Gasteiger partial charge in [-0.05, 0) is 41.8 Å². The Morgan fingerprint density at radius 3 is 2.42 bits per heavy atom. The average Bonchev–Trinajstić information content (AvgIpc) is 2.95. The third-order valence-electron chi connectivity index (χ3n) is 6.85. The summed E-state index contributed by atoms with van der Waals surface area (Å²) in [6.45, 7) is 9.46. The number of phenolic OH excluding ortho intramolecular Hbond substituents is 1. The number of anilines is 2. The molecule has 0 atom stereocenters. The van der Waals surface area contributed by atoms with Gasteiger partial charge in [-0.1, -0.05) is 56.3 Å². The lowest BCUT2D eigenvalue weighted by molar-refractivity contribution is -0.127. The van der Waals surface area contributed by atoms with E-state index in [4.69, 9.17) is 16.6 Å². The molecule has 40 heavy (non-hydrogen) atoms. The molecule has 1 N–H and O–H groups in total. The van der Waals surface area contributed by atoms with Gasteiger partial charge in [-0.3, -0.25) is 19.5 Å². The van der Waals surface area contributed by atoms with Crippen LogP contribution in [-0.2, 0) is 9.59 Å². The van der Waals surface area contributed by atoms with Gasteiger partial charge in [-0.15, -0.1) is 0 Å². The highest BCUT2D eigenvalue weighted by atomic mass is 35.5. The SMILES string of the molecule is C=CC(=O)N1CCN(C(=NC)c2cc(Cl)c(-c3c(O)cccc3F)nc2N(C=O)c2ccccc2C(C)C)CC1. The number of para-hydroxylation sites is 1. The number of hydrogen-bond acceptors (Lipinski definition) is 5. The van der Waals surface area contributed by atoms with Gasteiger partial charge in [-0.25, -0.2) is 9.37 Å². The zero-order valence-corrected chi connectivity index (χ0v) is 23.4. The molecular formula is C30H31ClFN5O3. The summed E-state index contributed by atoms with van der Waals surface area (Å²) < 4.78 is 15.0. The number of aromatic nitrogens is 1. The Bertz CT molecular complexity index is 1450. The highest BCUT2D eigenvalue weighted by molar-refractivity contribution is 6.33. The summed E-state index contributed by atoms with van der Waals surface area (Å²) >= 11 is 6.69. The predicted molar refractivity (Wildman–Crippen MR) is 156 cm³/mol. The number of aliphatic imine (C=N–C) groups is 1. The van der Waals surface area contributed by atoms with Gasteiger partial charge in [0.15, 0.2) is 5.82 Å². The largest absolute Gasteiger partial charge is 0.507 e. The molecule has 8 nitrogen and oxygen atoms in total. The summed E-state index contributed by atoms with van der Waals surface area (Å²) in [5, 5.41) is 10.6. The van der Waals surface area contributed by atoms with Gasteiger partial charge < -0.3 is 14.9 Å². The number of amides is 2. The number of carbonyl (C=O) groups excluding carboxylic acids is 2. The van der Waals surface area contributed by atoms with E-state index in [9.17, 15) is 19.1 Å². The van der Waals surface area contributed by atoms with Gasteiger partial charge in [0.2, 0.25) is 12.3 Å². The van der Waals surface area contributed by atoms with Gasteiger partial charge in [0.1, 0.15) is 17.4 Å². The monoisotopic (exact) mass is 563 g/mol. The second kappa shape index (κ2) is 12.3. The lowest BCUT2D eigenvalue weighted by atomic mass is 10.00. The van der Waals surface area contributed by atoms with Crippen molar-refractivity contribution in [2.24, 2.45) is 4.99 Å². The van der Waals surface area contributed by atoms with E-state index in [1.807, 2.05) is 43.0 Å². The maximum Gasteiger partial charge on any atom is 0.246 e. The topological polar surface area (TPSA) is 89.3 Å². The van der Waals surface area contributed by atoms with Crippen LogP contribution in [0.5, 0.6) is 5.75 Å². The fourth-order valence-electron chi connectivity index (χ4n) is 4.87. The summed E-state index contributed by atoms with van der Waals surface area (Å²) in [6, 6.07) is 13.0. The quantitative estimate of drug-likeness (QED) is 0.181. The summed E-state index contributed by atoms with van der Waals surface area (Å²) in [7, 11) is 1.62. The van der Waals surface area contributed by atoms with Crippen molar-refractivity contribution in [1.82, 2.24) is 14.8 Å². The van der Waals surface area contributed by atoms with E-state index in [2.05, 4.69) is 11.6 Å². The van der Waals surface area contributed by atoms with Crippen molar-refractivity contribution in [3.63, 3.8) is 0 Å². The second-order valence-electron chi connectivity index (χ2n) is 9.58. The Kier molecular flexibility index (Phi) is 8.84. The Labute approximate surface area is 238 Å². The average molecular weight is 564 g/mol. The highest BCUT2D eigenvalue weighted by Crippen LogP contribution is 2.40. The molecule has 1 aromatic heterocycles. The number of amidine groups is 1. The lowest BCUT2D eigenvalue weighted by Crippen LogP contribution is -2.50. The molecule has 0 aliphatic carbocycles. The van der Waals surface area contributed by atoms with Crippen molar-refractivity contribution in [1.29, 1.82) is 0 Å². The number of rotatable bonds is 7. The third kappa shape index (κ3) is 5.56. The fourth-order valence-corrected chi connectivity index (χ4v) is 5.11. The second-order valence-corrected chi connectivity index (χ2v) is 9.98. The zero-order chi connectivity index (χ0) is 29.0. The summed E-state index contributed by atoms with van der Waals surface area (Å²) in [5.74, 6) is -0.420. The van der Waals surface area contributed by atoms with Crippen molar-refractivity contribution >= 4 is 41.3 Å². The summed E-state index contributed by atoms with van der Waals surface area (Å²) in [6.07, 6.45) is 1.94. The van der Waals surface area contributed by atoms with Crippen molar-refractivity contribution in [2.75, 3.05) is 38.1 Å². The van der Waals surface area contributed by atoms with E-state index >= 15 is 0 Å². The molecule has 10 heteroatoms. The van der Waals surface area contributed by atoms with Crippen molar-refractivity contribution in [2.45, 2.75) is 19.8 Å². The maximum absolute atomic E-state index is 15.0. The Hall–Kier alpha value is -4.24. The minimum absolute atomic E-state index is 0.0123. The van der Waals surface area contributed by atoms with E-state index in [0.717, 1.165) is 5.56 Å². The first-order valence-corrected chi connectivity index (χ1v) is 13.2. The van der Waals surface area contributed by atoms with Crippen LogP contribution >= 0.6 is 11.6 Å². The van der Waals surface area contributed by atoms with Gasteiger partial charge in [0.25, 0.3) is 0 Å². The Morgan fingerprint density at radius 1 is 1.15 bits per heavy atom. The molecule has 1 fully saturated rings. The highest BCUT2D eigenvalue weighted by Gasteiger charge is 2.29. The van der Waals surface area contributed by atoms with Crippen LogP contribution in [0.1, 0.15) is 30.9 Å². The molecule has 1 saturated heterocycles. The molecule has 1 aliphatic heterocycles. The molecule has 3 aromatic rings. The minimum atomic E-state index is -0.708. The van der Waals surface area contributed by atoms with Crippen LogP contribution in [0.25, 0.3) is 11.3 Å². The van der Waals surface area contributed by atoms with E-state index in [-0.39, 0.29) is 39.7 Å². The van der Waals surface area contributed by atoms with Crippen molar-refractivity contribution in [3.8, 4) is 17.0 Å². The number of phenols is 1. The molecule has 0 unspecified atom stereocenters. The van der Waals surface area contributed by atoms with Gasteiger partial charge >= 0.3 is 0 Å². The van der Waals surface area contributed by atoms with E-state index < -0.39 is 5.82 Å². The molecule has 1 aliphatic rings. The Balaban J connectivity index is 1.92. The van der Waals surface area contributed by atoms with Crippen LogP contribution in [0.15, 0.2) is 66.2 Å². The van der Waals surface area contributed by atoms with Crippen LogP contribution in [0.3, 0.4) is 0 Å². The van der Waals surface area contributed by atoms with Crippen LogP contribution in [0.2, 0.25) is 5.02 Å². The smallest absolute Gasteiger partial charge is 0.246 e. The normalized spacial score (nSPS) is 13.9. The third-order valence-corrected chi connectivity index (χ3v) is 7.14. The maximum atomic E-state index is 15.0. The fraction of sp³-hybridized carbons (Fsp3) is 0.267. The molecule has 0 spiro atoms. The molecule has 0 saturated carbocycles. The van der Waals surface area contributed by atoms with Crippen LogP contribution in [-0.4, -0.2) is 71.3 Å². The molecule has 0 radical (unpaired) electrons. The minimum Gasteiger partial charge on any atom is -0.507 e. The number of pyridine rings is 1. The molecular weight excluding hydrogens is 533 g/mol. The molecule has 2 amide bonds. The van der Waals surface area contributed by atoms with Gasteiger partial charge in [0, 0.05) is 33.2 Å². The number of halogens is 2. The van der Waals surface area contributed by atoms with Crippen LogP contribution in [0.4, 0.5) is 15.9 Å². The first-order chi connectivity index (χ1) is 19.2. The summed E-state index contributed by atoms with van der Waals surface area (Å²) in [4.78, 5) is 39.2. The standard InChI is InChI=1S/C30H31ClFN5O3/c1-5-26(40)35-13-15-36(16-14-35)29(33-4)21-17-22(31)28(27-23(32)10-8-12-25(27)39)34-30(21)37(18-38)24-11-7-6-9-20(24)19(2)3/h5-12,17-19,39H,1,13-16H2,2-4H3. The number of aromatic hydroxyl groups is 1. The Morgan fingerprint density at radius 2 is 1.82 bits per heavy atom. The van der Waals surface area contributed by atoms with Crippen LogP contribution < -0.4 is 4.90 Å². The summed E-state index contributed by atoms with van der Waals surface area (Å²) in [5.41, 5.74) is 1.76. The first kappa shape index (κ1) is 28.8. The zero-order valence-electron chi connectivity index (χ0n) is 22.6. The number of hydrogen-bond donors (Lipinski definition) is 1. The van der Waals surface area contributed by atoms with E-state index in [1.165, 1.54) is 29.2 Å². The number of benzene rings is 2. The van der Waals surface area contributed by atoms with Crippen LogP contribution in [0, 0.1) is 5.82 Å². The predicted octanol–water partition coefficient (Wildman–Crippen LogP) is 5.37. The number of piperazine rings is 1. The van der Waals surface area contributed by atoms with Crippen molar-refractivity contribution in [3.05, 3.63) is 83.2 Å². The lowest BCUT2D eigenvalue weighted by Gasteiger charge is -2.37. The number of carbonyl (C=O) groups is 2. The molecule has 4 rings (SSSR count). The van der Waals surface area contributed by atoms with E-state index in [0.29, 0.717) is 49.7 Å². The van der Waals surface area contributed by atoms with Gasteiger partial charge in [0.05, 0.1) is 27.5 Å². The molecule has 2 aromatic carbocycles. The van der Waals surface area contributed by atoms with Crippen molar-refractivity contribution < 1.29 is 19.1 Å². The van der Waals surface area contributed by atoms with Gasteiger partial charge in [-0.2, -0.15) is 0 Å². The van der Waals surface area contributed by atoms with E-state index in [1.54, 1.807) is 18.0 Å². The number of nitrogens with zero attached hydrogens (tertiary/aromatic N) is 5. The first-order valence-electron chi connectivity index (χ1n) is 12.9. The molecule has 208 valence electrons. The molecule has 0 bridgehead atoms. The molecule has 2 heterocycles.